The Morgan fingerprint density at radius 1 is 1.33 bits per heavy atom. The largest absolute Gasteiger partial charge is 0.481 e. The number of hydrogen-bond donors (Lipinski definition) is 1. The highest BCUT2D eigenvalue weighted by Crippen LogP contribution is 2.21. The minimum atomic E-state index is -0.902. The van der Waals surface area contributed by atoms with Gasteiger partial charge in [-0.25, -0.2) is 0 Å². The van der Waals surface area contributed by atoms with Crippen LogP contribution in [0.2, 0.25) is 0 Å². The molecule has 6 nitrogen and oxygen atoms in total. The minimum absolute atomic E-state index is 0.268. The second kappa shape index (κ2) is 4.56. The Kier molecular flexibility index (Phi) is 3.10. The normalized spacial score (nSPS) is 11.4. The van der Waals surface area contributed by atoms with Crippen LogP contribution in [-0.2, 0) is 11.2 Å². The fraction of sp³-hybridized carbons (Fsp3) is 0.333. The Bertz CT molecular complexity index is 548. The first-order chi connectivity index (χ1) is 8.50. The van der Waals surface area contributed by atoms with E-state index in [1.54, 1.807) is 18.5 Å². The van der Waals surface area contributed by atoms with E-state index in [9.17, 15) is 4.79 Å². The number of aliphatic carboxylic acids is 1. The van der Waals surface area contributed by atoms with Crippen LogP contribution in [0.15, 0.2) is 30.3 Å². The molecule has 1 heterocycles. The average molecular weight is 246 g/mol. The number of nitrogens with zero attached hydrogens (tertiary/aromatic N) is 4. The molecule has 6 heteroatoms. The van der Waals surface area contributed by atoms with Gasteiger partial charge in [0.05, 0.1) is 11.1 Å². The van der Waals surface area contributed by atoms with E-state index in [0.717, 1.165) is 5.69 Å². The number of aromatic nitrogens is 4. The summed E-state index contributed by atoms with van der Waals surface area (Å²) < 4.78 is 1.56. The van der Waals surface area contributed by atoms with Crippen LogP contribution in [-0.4, -0.2) is 31.3 Å². The third-order valence-corrected chi connectivity index (χ3v) is 2.71. The topological polar surface area (TPSA) is 80.9 Å². The van der Waals surface area contributed by atoms with E-state index in [1.165, 1.54) is 0 Å². The molecule has 1 aromatic carbocycles. The highest BCUT2D eigenvalue weighted by molar-refractivity contribution is 5.73. The minimum Gasteiger partial charge on any atom is -0.481 e. The van der Waals surface area contributed by atoms with Crippen LogP contribution in [0.5, 0.6) is 0 Å². The number of carboxylic acid groups (broad SMARTS) is 1. The maximum atomic E-state index is 11.1. The Morgan fingerprint density at radius 3 is 2.61 bits per heavy atom. The first-order valence-electron chi connectivity index (χ1n) is 5.57. The van der Waals surface area contributed by atoms with Gasteiger partial charge in [-0.15, -0.1) is 5.10 Å². The fourth-order valence-electron chi connectivity index (χ4n) is 1.56. The van der Waals surface area contributed by atoms with Crippen molar-refractivity contribution in [1.82, 2.24) is 20.2 Å². The number of carboxylic acids is 1. The van der Waals surface area contributed by atoms with Crippen LogP contribution in [0, 0.1) is 5.41 Å². The van der Waals surface area contributed by atoms with Crippen LogP contribution in [0.25, 0.3) is 5.69 Å². The number of para-hydroxylation sites is 1. The molecule has 0 radical (unpaired) electrons. The van der Waals surface area contributed by atoms with E-state index in [-0.39, 0.29) is 6.42 Å². The zero-order valence-electron chi connectivity index (χ0n) is 10.2. The van der Waals surface area contributed by atoms with E-state index in [0.29, 0.717) is 5.82 Å². The van der Waals surface area contributed by atoms with Crippen LogP contribution in [0.3, 0.4) is 0 Å². The molecule has 18 heavy (non-hydrogen) atoms. The molecule has 0 spiro atoms. The van der Waals surface area contributed by atoms with Gasteiger partial charge in [0.25, 0.3) is 0 Å². The fourth-order valence-corrected chi connectivity index (χ4v) is 1.56. The van der Waals surface area contributed by atoms with Crippen molar-refractivity contribution >= 4 is 5.97 Å². The van der Waals surface area contributed by atoms with Gasteiger partial charge >= 0.3 is 5.97 Å². The lowest BCUT2D eigenvalue weighted by Crippen LogP contribution is -2.27. The predicted octanol–water partition coefficient (Wildman–Crippen LogP) is 1.32. The van der Waals surface area contributed by atoms with Gasteiger partial charge in [0.2, 0.25) is 0 Å². The summed E-state index contributed by atoms with van der Waals surface area (Å²) in [4.78, 5) is 11.1. The smallest absolute Gasteiger partial charge is 0.309 e. The molecule has 0 aliphatic rings. The van der Waals surface area contributed by atoms with Gasteiger partial charge in [-0.2, -0.15) is 4.68 Å². The lowest BCUT2D eigenvalue weighted by molar-refractivity contribution is -0.146. The van der Waals surface area contributed by atoms with Gasteiger partial charge in [-0.3, -0.25) is 4.79 Å². The summed E-state index contributed by atoms with van der Waals surface area (Å²) in [5.74, 6) is -0.335. The molecule has 0 saturated carbocycles. The van der Waals surface area contributed by atoms with E-state index in [4.69, 9.17) is 5.11 Å². The Morgan fingerprint density at radius 2 is 2.00 bits per heavy atom. The third-order valence-electron chi connectivity index (χ3n) is 2.71. The van der Waals surface area contributed by atoms with Crippen LogP contribution in [0.4, 0.5) is 0 Å². The number of rotatable bonds is 4. The predicted molar refractivity (Wildman–Crippen MR) is 64.3 cm³/mol. The lowest BCUT2D eigenvalue weighted by Gasteiger charge is -2.17. The van der Waals surface area contributed by atoms with Gasteiger partial charge in [0, 0.05) is 6.42 Å². The summed E-state index contributed by atoms with van der Waals surface area (Å²) in [7, 11) is 0. The second-order valence-electron chi connectivity index (χ2n) is 4.71. The average Bonchev–Trinajstić information content (AvgIpc) is 2.77. The zero-order chi connectivity index (χ0) is 13.2. The van der Waals surface area contributed by atoms with Crippen molar-refractivity contribution in [3.8, 4) is 5.69 Å². The molecule has 0 atom stereocenters. The maximum Gasteiger partial charge on any atom is 0.309 e. The molecule has 0 bridgehead atoms. The second-order valence-corrected chi connectivity index (χ2v) is 4.71. The SMILES string of the molecule is CC(C)(Cc1nnnn1-c1ccccc1)C(=O)O. The van der Waals surface area contributed by atoms with E-state index in [1.807, 2.05) is 30.3 Å². The third kappa shape index (κ3) is 2.37. The Labute approximate surface area is 104 Å². The molecule has 1 aromatic heterocycles. The number of benzene rings is 1. The molecular formula is C12H14N4O2. The molecule has 0 aliphatic heterocycles. The van der Waals surface area contributed by atoms with Crippen LogP contribution >= 0.6 is 0 Å². The summed E-state index contributed by atoms with van der Waals surface area (Å²) in [6.45, 7) is 3.30. The van der Waals surface area contributed by atoms with E-state index < -0.39 is 11.4 Å². The summed E-state index contributed by atoms with van der Waals surface area (Å²) in [6, 6.07) is 9.39. The quantitative estimate of drug-likeness (QED) is 0.879. The van der Waals surface area contributed by atoms with Crippen LogP contribution in [0.1, 0.15) is 19.7 Å². The van der Waals surface area contributed by atoms with Crippen molar-refractivity contribution in [1.29, 1.82) is 0 Å². The molecule has 2 aromatic rings. The maximum absolute atomic E-state index is 11.1. The molecule has 0 amide bonds. The summed E-state index contributed by atoms with van der Waals surface area (Å²) in [5, 5.41) is 20.5. The first kappa shape index (κ1) is 12.2. The molecule has 2 rings (SSSR count). The molecular weight excluding hydrogens is 232 g/mol. The van der Waals surface area contributed by atoms with Crippen molar-refractivity contribution in [2.24, 2.45) is 5.41 Å². The zero-order valence-corrected chi connectivity index (χ0v) is 10.2. The highest BCUT2D eigenvalue weighted by atomic mass is 16.4. The van der Waals surface area contributed by atoms with E-state index >= 15 is 0 Å². The molecule has 0 saturated heterocycles. The summed E-state index contributed by atoms with van der Waals surface area (Å²) in [5.41, 5.74) is -0.0833. The highest BCUT2D eigenvalue weighted by Gasteiger charge is 2.30. The van der Waals surface area contributed by atoms with Crippen LogP contribution < -0.4 is 0 Å². The van der Waals surface area contributed by atoms with Crippen molar-refractivity contribution in [3.63, 3.8) is 0 Å². The number of hydrogen-bond acceptors (Lipinski definition) is 4. The van der Waals surface area contributed by atoms with Crippen molar-refractivity contribution in [2.45, 2.75) is 20.3 Å². The number of carbonyl (C=O) groups is 1. The van der Waals surface area contributed by atoms with E-state index in [2.05, 4.69) is 15.5 Å². The molecule has 0 aliphatic carbocycles. The van der Waals surface area contributed by atoms with Gasteiger partial charge < -0.3 is 5.11 Å². The molecule has 0 unspecified atom stereocenters. The molecule has 0 fully saturated rings. The van der Waals surface area contributed by atoms with Crippen molar-refractivity contribution < 1.29 is 9.90 Å². The monoisotopic (exact) mass is 246 g/mol. The lowest BCUT2D eigenvalue weighted by atomic mass is 9.89. The van der Waals surface area contributed by atoms with Gasteiger partial charge in [-0.05, 0) is 36.4 Å². The molecule has 94 valence electrons. The standard InChI is InChI=1S/C12H14N4O2/c1-12(2,11(17)18)8-10-13-14-15-16(10)9-6-4-3-5-7-9/h3-7H,8H2,1-2H3,(H,17,18). The molecule has 1 N–H and O–H groups in total. The summed E-state index contributed by atoms with van der Waals surface area (Å²) in [6.07, 6.45) is 0.268. The van der Waals surface area contributed by atoms with Gasteiger partial charge in [-0.1, -0.05) is 18.2 Å². The number of tetrazole rings is 1. The van der Waals surface area contributed by atoms with Crippen molar-refractivity contribution in [3.05, 3.63) is 36.2 Å². The van der Waals surface area contributed by atoms with Gasteiger partial charge in [0.15, 0.2) is 5.82 Å². The summed E-state index contributed by atoms with van der Waals surface area (Å²) >= 11 is 0. The first-order valence-corrected chi connectivity index (χ1v) is 5.57. The Hall–Kier alpha value is -2.24. The van der Waals surface area contributed by atoms with Gasteiger partial charge in [0.1, 0.15) is 0 Å². The Balaban J connectivity index is 2.32. The van der Waals surface area contributed by atoms with Crippen molar-refractivity contribution in [2.75, 3.05) is 0 Å².